The molecule has 4 nitrogen and oxygen atoms in total. The first kappa shape index (κ1) is 15.9. The molecule has 1 unspecified atom stereocenters. The van der Waals surface area contributed by atoms with Crippen molar-refractivity contribution in [1.29, 1.82) is 0 Å². The number of nitrogens with one attached hydrogen (secondary N) is 1. The van der Waals surface area contributed by atoms with E-state index in [2.05, 4.69) is 26.2 Å². The maximum Gasteiger partial charge on any atom is 0.192 e. The molecule has 1 aromatic heterocycles. The highest BCUT2D eigenvalue weighted by atomic mass is 79.9. The van der Waals surface area contributed by atoms with Gasteiger partial charge in [-0.15, -0.1) is 0 Å². The molecule has 0 amide bonds. The van der Waals surface area contributed by atoms with Crippen LogP contribution in [0.1, 0.15) is 18.5 Å². The number of anilines is 1. The zero-order valence-electron chi connectivity index (χ0n) is 11.5. The molecule has 0 radical (unpaired) electrons. The molecule has 2 rings (SSSR count). The smallest absolute Gasteiger partial charge is 0.192 e. The second-order valence-electron chi connectivity index (χ2n) is 4.70. The van der Waals surface area contributed by atoms with Crippen molar-refractivity contribution in [2.45, 2.75) is 18.0 Å². The van der Waals surface area contributed by atoms with Gasteiger partial charge in [0, 0.05) is 12.3 Å². The van der Waals surface area contributed by atoms with Crippen LogP contribution in [0.25, 0.3) is 0 Å². The van der Waals surface area contributed by atoms with Gasteiger partial charge in [-0.05, 0) is 52.7 Å². The number of pyridine rings is 1. The standard InChI is InChI=1S/C14H14BrFN2O2S/c1-9(10-3-5-13(16)12(15)7-10)18-11-4-6-14(17-8-11)21(2,19)20/h3-9,18H,1-2H3. The quantitative estimate of drug-likeness (QED) is 0.891. The first-order valence-electron chi connectivity index (χ1n) is 6.15. The highest BCUT2D eigenvalue weighted by molar-refractivity contribution is 9.10. The van der Waals surface area contributed by atoms with Gasteiger partial charge < -0.3 is 5.32 Å². The summed E-state index contributed by atoms with van der Waals surface area (Å²) in [4.78, 5) is 3.91. The Bertz CT molecular complexity index is 748. The van der Waals surface area contributed by atoms with Crippen molar-refractivity contribution in [2.75, 3.05) is 11.6 Å². The Morgan fingerprint density at radius 1 is 1.29 bits per heavy atom. The Hall–Kier alpha value is -1.47. The molecule has 0 aliphatic rings. The molecule has 7 heteroatoms. The average molecular weight is 373 g/mol. The van der Waals surface area contributed by atoms with E-state index in [0.29, 0.717) is 10.2 Å². The van der Waals surface area contributed by atoms with Crippen LogP contribution in [0.3, 0.4) is 0 Å². The first-order valence-corrected chi connectivity index (χ1v) is 8.83. The fourth-order valence-corrected chi connectivity index (χ4v) is 2.76. The summed E-state index contributed by atoms with van der Waals surface area (Å²) in [5.74, 6) is -0.315. The molecule has 1 N–H and O–H groups in total. The van der Waals surface area contributed by atoms with Crippen molar-refractivity contribution < 1.29 is 12.8 Å². The van der Waals surface area contributed by atoms with Gasteiger partial charge in [-0.25, -0.2) is 17.8 Å². The minimum absolute atomic E-state index is 0.0326. The number of hydrogen-bond donors (Lipinski definition) is 1. The zero-order valence-corrected chi connectivity index (χ0v) is 13.9. The van der Waals surface area contributed by atoms with Crippen LogP contribution in [0.4, 0.5) is 10.1 Å². The topological polar surface area (TPSA) is 59.1 Å². The molecule has 0 saturated heterocycles. The highest BCUT2D eigenvalue weighted by Crippen LogP contribution is 2.24. The predicted octanol–water partition coefficient (Wildman–Crippen LogP) is 3.56. The summed E-state index contributed by atoms with van der Waals surface area (Å²) in [6.45, 7) is 1.92. The Kier molecular flexibility index (Phi) is 4.63. The summed E-state index contributed by atoms with van der Waals surface area (Å²) in [6, 6.07) is 7.81. The molecule has 0 spiro atoms. The van der Waals surface area contributed by atoms with Crippen LogP contribution in [0, 0.1) is 5.82 Å². The van der Waals surface area contributed by atoms with Gasteiger partial charge >= 0.3 is 0 Å². The van der Waals surface area contributed by atoms with Crippen LogP contribution in [0.2, 0.25) is 0 Å². The Morgan fingerprint density at radius 3 is 2.52 bits per heavy atom. The minimum atomic E-state index is -3.30. The second kappa shape index (κ2) is 6.11. The van der Waals surface area contributed by atoms with Gasteiger partial charge in [0.2, 0.25) is 0 Å². The lowest BCUT2D eigenvalue weighted by molar-refractivity contribution is 0.598. The summed E-state index contributed by atoms with van der Waals surface area (Å²) >= 11 is 3.15. The summed E-state index contributed by atoms with van der Waals surface area (Å²) in [5, 5.41) is 3.22. The molecular formula is C14H14BrFN2O2S. The number of sulfone groups is 1. The number of halogens is 2. The molecule has 1 aromatic carbocycles. The maximum absolute atomic E-state index is 13.2. The maximum atomic E-state index is 13.2. The lowest BCUT2D eigenvalue weighted by Gasteiger charge is -2.16. The van der Waals surface area contributed by atoms with Gasteiger partial charge in [-0.1, -0.05) is 6.07 Å². The summed E-state index contributed by atoms with van der Waals surface area (Å²) in [5.41, 5.74) is 1.59. The van der Waals surface area contributed by atoms with E-state index in [1.807, 2.05) is 6.92 Å². The number of rotatable bonds is 4. The minimum Gasteiger partial charge on any atom is -0.377 e. The SMILES string of the molecule is CC(Nc1ccc(S(C)(=O)=O)nc1)c1ccc(F)c(Br)c1. The number of benzene rings is 1. The van der Waals surface area contributed by atoms with Crippen molar-refractivity contribution in [3.05, 3.63) is 52.4 Å². The summed E-state index contributed by atoms with van der Waals surface area (Å²) in [6.07, 6.45) is 2.58. The second-order valence-corrected chi connectivity index (χ2v) is 7.51. The summed E-state index contributed by atoms with van der Waals surface area (Å²) < 4.78 is 36.3. The van der Waals surface area contributed by atoms with E-state index < -0.39 is 9.84 Å². The van der Waals surface area contributed by atoms with Gasteiger partial charge in [0.15, 0.2) is 14.9 Å². The van der Waals surface area contributed by atoms with Crippen molar-refractivity contribution in [2.24, 2.45) is 0 Å². The largest absolute Gasteiger partial charge is 0.377 e. The highest BCUT2D eigenvalue weighted by Gasteiger charge is 2.11. The van der Waals surface area contributed by atoms with E-state index in [1.54, 1.807) is 18.2 Å². The van der Waals surface area contributed by atoms with Crippen molar-refractivity contribution in [3.63, 3.8) is 0 Å². The summed E-state index contributed by atoms with van der Waals surface area (Å²) in [7, 11) is -3.30. The van der Waals surface area contributed by atoms with Crippen LogP contribution in [0.5, 0.6) is 0 Å². The third kappa shape index (κ3) is 4.01. The molecule has 21 heavy (non-hydrogen) atoms. The Balaban J connectivity index is 2.15. The molecule has 0 bridgehead atoms. The van der Waals surface area contributed by atoms with E-state index in [9.17, 15) is 12.8 Å². The molecule has 2 aromatic rings. The molecule has 0 aliphatic heterocycles. The van der Waals surface area contributed by atoms with Gasteiger partial charge in [0.25, 0.3) is 0 Å². The Morgan fingerprint density at radius 2 is 2.00 bits per heavy atom. The van der Waals surface area contributed by atoms with Crippen molar-refractivity contribution in [1.82, 2.24) is 4.98 Å². The van der Waals surface area contributed by atoms with Gasteiger partial charge in [-0.3, -0.25) is 0 Å². The van der Waals surface area contributed by atoms with Crippen LogP contribution >= 0.6 is 15.9 Å². The lowest BCUT2D eigenvalue weighted by Crippen LogP contribution is -2.08. The van der Waals surface area contributed by atoms with E-state index in [-0.39, 0.29) is 16.9 Å². The van der Waals surface area contributed by atoms with E-state index in [4.69, 9.17) is 0 Å². The average Bonchev–Trinajstić information content (AvgIpc) is 2.41. The van der Waals surface area contributed by atoms with Crippen molar-refractivity contribution in [3.8, 4) is 0 Å². The molecule has 0 saturated carbocycles. The monoisotopic (exact) mass is 372 g/mol. The van der Waals surface area contributed by atoms with E-state index in [1.165, 1.54) is 18.3 Å². The van der Waals surface area contributed by atoms with Crippen LogP contribution in [-0.2, 0) is 9.84 Å². The fraction of sp³-hybridized carbons (Fsp3) is 0.214. The Labute approximate surface area is 131 Å². The fourth-order valence-electron chi connectivity index (χ4n) is 1.80. The van der Waals surface area contributed by atoms with Crippen LogP contribution in [-0.4, -0.2) is 19.7 Å². The van der Waals surface area contributed by atoms with Crippen molar-refractivity contribution >= 4 is 31.5 Å². The normalized spacial score (nSPS) is 13.0. The van der Waals surface area contributed by atoms with Gasteiger partial charge in [-0.2, -0.15) is 0 Å². The number of nitrogens with zero attached hydrogens (tertiary/aromatic N) is 1. The zero-order chi connectivity index (χ0) is 15.6. The van der Waals surface area contributed by atoms with Crippen LogP contribution in [0.15, 0.2) is 46.0 Å². The molecule has 0 fully saturated rings. The van der Waals surface area contributed by atoms with Crippen LogP contribution < -0.4 is 5.32 Å². The lowest BCUT2D eigenvalue weighted by atomic mass is 10.1. The van der Waals surface area contributed by atoms with Gasteiger partial charge in [0.1, 0.15) is 5.82 Å². The third-order valence-corrected chi connectivity index (χ3v) is 4.55. The van der Waals surface area contributed by atoms with Gasteiger partial charge in [0.05, 0.1) is 16.4 Å². The molecule has 112 valence electrons. The van der Waals surface area contributed by atoms with E-state index >= 15 is 0 Å². The molecule has 1 atom stereocenters. The third-order valence-electron chi connectivity index (χ3n) is 2.94. The first-order chi connectivity index (χ1) is 9.77. The van der Waals surface area contributed by atoms with E-state index in [0.717, 1.165) is 11.8 Å². The molecule has 0 aliphatic carbocycles. The predicted molar refractivity (Wildman–Crippen MR) is 83.5 cm³/mol. The molecule has 1 heterocycles. The molecular weight excluding hydrogens is 359 g/mol. The number of aromatic nitrogens is 1. The number of hydrogen-bond acceptors (Lipinski definition) is 4.